The van der Waals surface area contributed by atoms with Crippen LogP contribution in [-0.2, 0) is 4.79 Å². The van der Waals surface area contributed by atoms with Crippen molar-refractivity contribution in [2.45, 2.75) is 53.9 Å². The van der Waals surface area contributed by atoms with Gasteiger partial charge in [0.15, 0.2) is 0 Å². The molecule has 0 aromatic carbocycles. The van der Waals surface area contributed by atoms with Crippen LogP contribution < -0.4 is 0 Å². The van der Waals surface area contributed by atoms with Crippen molar-refractivity contribution < 1.29 is 4.79 Å². The van der Waals surface area contributed by atoms with E-state index in [-0.39, 0.29) is 5.41 Å². The molecular weight excluding hydrogens is 184 g/mol. The molecule has 0 heterocycles. The summed E-state index contributed by atoms with van der Waals surface area (Å²) in [6.45, 7) is 11.7. The topological polar surface area (TPSA) is 17.1 Å². The lowest BCUT2D eigenvalue weighted by molar-refractivity contribution is -0.130. The molecule has 0 saturated heterocycles. The van der Waals surface area contributed by atoms with Gasteiger partial charge in [0.25, 0.3) is 0 Å². The Bertz CT molecular complexity index is 288. The first kappa shape index (κ1) is 11.2. The van der Waals surface area contributed by atoms with E-state index in [1.807, 2.05) is 0 Å². The number of carbonyl (C=O) groups excluding carboxylic acids is 1. The van der Waals surface area contributed by atoms with Crippen molar-refractivity contribution in [3.63, 3.8) is 0 Å². The summed E-state index contributed by atoms with van der Waals surface area (Å²) >= 11 is 0. The Kier molecular flexibility index (Phi) is 2.30. The number of rotatable bonds is 0. The molecule has 2 aliphatic rings. The van der Waals surface area contributed by atoms with E-state index in [9.17, 15) is 4.79 Å². The van der Waals surface area contributed by atoms with Crippen LogP contribution in [0.2, 0.25) is 0 Å². The van der Waals surface area contributed by atoms with Gasteiger partial charge in [-0.3, -0.25) is 4.79 Å². The van der Waals surface area contributed by atoms with Gasteiger partial charge in [-0.25, -0.2) is 0 Å². The highest BCUT2D eigenvalue weighted by Gasteiger charge is 2.60. The average molecular weight is 208 g/mol. The molecule has 2 rings (SSSR count). The van der Waals surface area contributed by atoms with Gasteiger partial charge in [-0.15, -0.1) is 0 Å². The third-order valence-corrected chi connectivity index (χ3v) is 5.68. The maximum Gasteiger partial charge on any atom is 0.136 e. The summed E-state index contributed by atoms with van der Waals surface area (Å²) in [4.78, 5) is 12.1. The zero-order valence-electron chi connectivity index (χ0n) is 10.8. The zero-order chi connectivity index (χ0) is 11.4. The normalized spacial score (nSPS) is 42.7. The van der Waals surface area contributed by atoms with Gasteiger partial charge in [0.2, 0.25) is 0 Å². The standard InChI is InChI=1S/C14H24O/c1-9-13(2,3)10-7-6-8-11(15)12(10)14(9,4)5/h9-10,12H,6-8H2,1-5H3/t9?,10-,12?/m1/s1. The fourth-order valence-corrected chi connectivity index (χ4v) is 4.33. The van der Waals surface area contributed by atoms with Gasteiger partial charge in [-0.2, -0.15) is 0 Å². The highest BCUT2D eigenvalue weighted by atomic mass is 16.1. The number of hydrogen-bond donors (Lipinski definition) is 0. The lowest BCUT2D eigenvalue weighted by atomic mass is 9.68. The van der Waals surface area contributed by atoms with E-state index in [4.69, 9.17) is 0 Å². The highest BCUT2D eigenvalue weighted by molar-refractivity contribution is 5.83. The second-order valence-electron chi connectivity index (χ2n) is 6.81. The lowest BCUT2D eigenvalue weighted by Gasteiger charge is -2.35. The predicted octanol–water partition coefficient (Wildman–Crippen LogP) is 3.67. The van der Waals surface area contributed by atoms with E-state index in [2.05, 4.69) is 34.6 Å². The van der Waals surface area contributed by atoms with Gasteiger partial charge in [-0.1, -0.05) is 34.6 Å². The maximum atomic E-state index is 12.1. The zero-order valence-corrected chi connectivity index (χ0v) is 10.8. The second kappa shape index (κ2) is 3.09. The molecule has 2 fully saturated rings. The lowest BCUT2D eigenvalue weighted by Crippen LogP contribution is -2.35. The van der Waals surface area contributed by atoms with Crippen molar-refractivity contribution in [1.29, 1.82) is 0 Å². The molecule has 0 bridgehead atoms. The van der Waals surface area contributed by atoms with Crippen LogP contribution in [0.25, 0.3) is 0 Å². The van der Waals surface area contributed by atoms with Gasteiger partial charge in [0.1, 0.15) is 5.78 Å². The quantitative estimate of drug-likeness (QED) is 0.593. The molecule has 2 saturated carbocycles. The molecule has 1 nitrogen and oxygen atoms in total. The molecule has 0 radical (unpaired) electrons. The van der Waals surface area contributed by atoms with Crippen molar-refractivity contribution in [2.24, 2.45) is 28.6 Å². The molecule has 0 aromatic heterocycles. The molecule has 0 aliphatic heterocycles. The molecule has 0 N–H and O–H groups in total. The first-order valence-corrected chi connectivity index (χ1v) is 6.32. The Morgan fingerprint density at radius 2 is 1.73 bits per heavy atom. The molecular formula is C14H24O. The third-order valence-electron chi connectivity index (χ3n) is 5.68. The summed E-state index contributed by atoms with van der Waals surface area (Å²) in [5.41, 5.74) is 0.538. The van der Waals surface area contributed by atoms with Crippen LogP contribution in [0.1, 0.15) is 53.9 Å². The number of carbonyl (C=O) groups is 1. The average Bonchev–Trinajstić information content (AvgIpc) is 2.27. The van der Waals surface area contributed by atoms with Crippen LogP contribution in [0.3, 0.4) is 0 Å². The third kappa shape index (κ3) is 1.31. The Hall–Kier alpha value is -0.330. The van der Waals surface area contributed by atoms with Crippen LogP contribution in [-0.4, -0.2) is 5.78 Å². The molecule has 0 spiro atoms. The highest BCUT2D eigenvalue weighted by Crippen LogP contribution is 2.63. The van der Waals surface area contributed by atoms with Crippen LogP contribution >= 0.6 is 0 Å². The Balaban J connectivity index is 2.44. The number of hydrogen-bond acceptors (Lipinski definition) is 1. The molecule has 2 aliphatic carbocycles. The van der Waals surface area contributed by atoms with E-state index in [1.54, 1.807) is 0 Å². The summed E-state index contributed by atoms with van der Waals surface area (Å²) in [5, 5.41) is 0. The Morgan fingerprint density at radius 1 is 1.13 bits per heavy atom. The first-order valence-electron chi connectivity index (χ1n) is 6.32. The van der Waals surface area contributed by atoms with Crippen LogP contribution in [0, 0.1) is 28.6 Å². The predicted molar refractivity (Wildman–Crippen MR) is 62.6 cm³/mol. The van der Waals surface area contributed by atoms with Crippen molar-refractivity contribution in [1.82, 2.24) is 0 Å². The van der Waals surface area contributed by atoms with E-state index in [1.165, 1.54) is 6.42 Å². The number of Topliss-reactive ketones (excluding diaryl/α,β-unsaturated/α-hetero) is 1. The Labute approximate surface area is 93.6 Å². The molecule has 2 unspecified atom stereocenters. The van der Waals surface area contributed by atoms with Crippen molar-refractivity contribution >= 4 is 5.78 Å². The molecule has 0 aromatic rings. The maximum absolute atomic E-state index is 12.1. The van der Waals surface area contributed by atoms with Gasteiger partial charge >= 0.3 is 0 Å². The number of ketones is 1. The van der Waals surface area contributed by atoms with Gasteiger partial charge in [0.05, 0.1) is 0 Å². The summed E-state index contributed by atoms with van der Waals surface area (Å²) in [7, 11) is 0. The largest absolute Gasteiger partial charge is 0.299 e. The van der Waals surface area contributed by atoms with Gasteiger partial charge in [-0.05, 0) is 35.5 Å². The van der Waals surface area contributed by atoms with E-state index < -0.39 is 0 Å². The van der Waals surface area contributed by atoms with Crippen LogP contribution in [0.5, 0.6) is 0 Å². The molecule has 86 valence electrons. The van der Waals surface area contributed by atoms with E-state index in [0.29, 0.717) is 29.0 Å². The smallest absolute Gasteiger partial charge is 0.136 e. The molecule has 15 heavy (non-hydrogen) atoms. The molecule has 3 atom stereocenters. The van der Waals surface area contributed by atoms with E-state index in [0.717, 1.165) is 12.8 Å². The second-order valence-corrected chi connectivity index (χ2v) is 6.81. The van der Waals surface area contributed by atoms with Crippen molar-refractivity contribution in [3.05, 3.63) is 0 Å². The number of fused-ring (bicyclic) bond motifs is 1. The van der Waals surface area contributed by atoms with Crippen LogP contribution in [0.4, 0.5) is 0 Å². The van der Waals surface area contributed by atoms with Gasteiger partial charge in [0, 0.05) is 12.3 Å². The van der Waals surface area contributed by atoms with Crippen molar-refractivity contribution in [3.8, 4) is 0 Å². The minimum atomic E-state index is 0.200. The minimum Gasteiger partial charge on any atom is -0.299 e. The summed E-state index contributed by atoms with van der Waals surface area (Å²) in [5.74, 6) is 2.13. The minimum absolute atomic E-state index is 0.200. The monoisotopic (exact) mass is 208 g/mol. The summed E-state index contributed by atoms with van der Waals surface area (Å²) in [6, 6.07) is 0. The SMILES string of the molecule is CC1C(C)(C)C2C(=O)CCC[C@H]2C1(C)C. The van der Waals surface area contributed by atoms with Crippen LogP contribution in [0.15, 0.2) is 0 Å². The van der Waals surface area contributed by atoms with Gasteiger partial charge < -0.3 is 0 Å². The fraction of sp³-hybridized carbons (Fsp3) is 0.929. The first-order chi connectivity index (χ1) is 6.79. The van der Waals surface area contributed by atoms with E-state index >= 15 is 0 Å². The van der Waals surface area contributed by atoms with Crippen molar-refractivity contribution in [2.75, 3.05) is 0 Å². The fourth-order valence-electron chi connectivity index (χ4n) is 4.33. The summed E-state index contributed by atoms with van der Waals surface area (Å²) < 4.78 is 0. The Morgan fingerprint density at radius 3 is 2.27 bits per heavy atom. The summed E-state index contributed by atoms with van der Waals surface area (Å²) in [6.07, 6.45) is 3.21. The molecule has 1 heteroatoms. The molecule has 0 amide bonds.